The van der Waals surface area contributed by atoms with E-state index in [1.807, 2.05) is 6.92 Å². The number of hydrogen-bond donors (Lipinski definition) is 1. The van der Waals surface area contributed by atoms with E-state index in [9.17, 15) is 4.79 Å². The van der Waals surface area contributed by atoms with Crippen molar-refractivity contribution in [1.29, 1.82) is 0 Å². The molecular formula is C27H39NO3. The van der Waals surface area contributed by atoms with Crippen molar-refractivity contribution in [3.05, 3.63) is 41.5 Å². The zero-order valence-electron chi connectivity index (χ0n) is 19.9. The zero-order valence-corrected chi connectivity index (χ0v) is 19.9. The molecule has 0 aliphatic heterocycles. The van der Waals surface area contributed by atoms with Crippen molar-refractivity contribution in [2.75, 3.05) is 13.2 Å². The van der Waals surface area contributed by atoms with Crippen molar-refractivity contribution in [1.82, 2.24) is 5.32 Å². The van der Waals surface area contributed by atoms with Crippen LogP contribution in [0.5, 0.6) is 5.75 Å². The lowest BCUT2D eigenvalue weighted by molar-refractivity contribution is -0.142. The van der Waals surface area contributed by atoms with Gasteiger partial charge in [-0.1, -0.05) is 32.9 Å². The Balaban J connectivity index is 1.57. The van der Waals surface area contributed by atoms with Crippen LogP contribution in [-0.4, -0.2) is 25.2 Å². The molecule has 4 nitrogen and oxygen atoms in total. The van der Waals surface area contributed by atoms with Gasteiger partial charge in [0.1, 0.15) is 5.75 Å². The first-order valence-electron chi connectivity index (χ1n) is 11.8. The summed E-state index contributed by atoms with van der Waals surface area (Å²) in [4.78, 5) is 11.4. The molecule has 170 valence electrons. The fourth-order valence-electron chi connectivity index (χ4n) is 4.63. The normalized spacial score (nSPS) is 19.4. The summed E-state index contributed by atoms with van der Waals surface area (Å²) in [6, 6.07) is 10.9. The molecule has 0 bridgehead atoms. The summed E-state index contributed by atoms with van der Waals surface area (Å²) in [5.41, 5.74) is 2.86. The van der Waals surface area contributed by atoms with Crippen LogP contribution in [0.2, 0.25) is 0 Å². The van der Waals surface area contributed by atoms with Gasteiger partial charge in [0.05, 0.1) is 19.1 Å². The minimum Gasteiger partial charge on any atom is -0.490 e. The van der Waals surface area contributed by atoms with Crippen molar-refractivity contribution in [3.8, 4) is 5.75 Å². The Hall–Kier alpha value is -2.07. The Labute approximate surface area is 187 Å². The average Bonchev–Trinajstić information content (AvgIpc) is 2.71. The molecule has 0 saturated heterocycles. The van der Waals surface area contributed by atoms with E-state index in [1.165, 1.54) is 34.7 Å². The first-order valence-corrected chi connectivity index (χ1v) is 11.8. The van der Waals surface area contributed by atoms with Crippen molar-refractivity contribution in [2.24, 2.45) is 11.3 Å². The van der Waals surface area contributed by atoms with Gasteiger partial charge < -0.3 is 14.8 Å². The second-order valence-electron chi connectivity index (χ2n) is 9.98. The molecule has 0 unspecified atom stereocenters. The second kappa shape index (κ2) is 10.5. The Morgan fingerprint density at radius 3 is 2.52 bits per heavy atom. The highest BCUT2D eigenvalue weighted by atomic mass is 16.5. The van der Waals surface area contributed by atoms with Gasteiger partial charge in [0.2, 0.25) is 0 Å². The van der Waals surface area contributed by atoms with Gasteiger partial charge >= 0.3 is 5.97 Å². The smallest absolute Gasteiger partial charge is 0.307 e. The summed E-state index contributed by atoms with van der Waals surface area (Å²) >= 11 is 0. The predicted molar refractivity (Wildman–Crippen MR) is 127 cm³/mol. The van der Waals surface area contributed by atoms with Crippen LogP contribution in [0.15, 0.2) is 30.3 Å². The Bertz CT molecular complexity index is 876. The second-order valence-corrected chi connectivity index (χ2v) is 9.98. The van der Waals surface area contributed by atoms with E-state index in [1.54, 1.807) is 0 Å². The minimum atomic E-state index is -0.149. The number of ether oxygens (including phenoxy) is 2. The topological polar surface area (TPSA) is 47.6 Å². The van der Waals surface area contributed by atoms with E-state index in [4.69, 9.17) is 9.47 Å². The quantitative estimate of drug-likeness (QED) is 0.405. The van der Waals surface area contributed by atoms with Gasteiger partial charge in [-0.15, -0.1) is 0 Å². The molecule has 0 radical (unpaired) electrons. The van der Waals surface area contributed by atoms with Crippen LogP contribution >= 0.6 is 0 Å². The van der Waals surface area contributed by atoms with E-state index in [-0.39, 0.29) is 5.97 Å². The van der Waals surface area contributed by atoms with Crippen LogP contribution in [0.4, 0.5) is 0 Å². The van der Waals surface area contributed by atoms with E-state index < -0.39 is 0 Å². The summed E-state index contributed by atoms with van der Waals surface area (Å²) in [5, 5.41) is 5.80. The highest BCUT2D eigenvalue weighted by molar-refractivity contribution is 5.87. The maximum absolute atomic E-state index is 11.4. The molecule has 0 heterocycles. The molecule has 1 saturated carbocycles. The molecule has 31 heavy (non-hydrogen) atoms. The molecule has 2 aromatic rings. The van der Waals surface area contributed by atoms with Gasteiger partial charge in [-0.2, -0.15) is 0 Å². The molecule has 0 aromatic heterocycles. The lowest BCUT2D eigenvalue weighted by Gasteiger charge is -2.37. The van der Waals surface area contributed by atoms with Gasteiger partial charge in [0.25, 0.3) is 0 Å². The molecule has 1 N–H and O–H groups in total. The van der Waals surface area contributed by atoms with Gasteiger partial charge in [-0.05, 0) is 91.0 Å². The molecule has 3 rings (SSSR count). The number of nitrogens with one attached hydrogen (secondary N) is 1. The lowest BCUT2D eigenvalue weighted by Crippen LogP contribution is -2.30. The summed E-state index contributed by atoms with van der Waals surface area (Å²) in [6.07, 6.45) is 5.54. The van der Waals surface area contributed by atoms with Crippen LogP contribution in [0.3, 0.4) is 0 Å². The maximum atomic E-state index is 11.4. The Morgan fingerprint density at radius 2 is 1.84 bits per heavy atom. The molecule has 4 heteroatoms. The highest BCUT2D eigenvalue weighted by Crippen LogP contribution is 2.39. The Morgan fingerprint density at radius 1 is 1.10 bits per heavy atom. The molecular weight excluding hydrogens is 386 g/mol. The summed E-state index contributed by atoms with van der Waals surface area (Å²) < 4.78 is 11.4. The number of hydrogen-bond acceptors (Lipinski definition) is 4. The number of rotatable bonds is 8. The molecule has 1 aliphatic rings. The van der Waals surface area contributed by atoms with Crippen LogP contribution in [-0.2, 0) is 16.1 Å². The molecule has 2 aromatic carbocycles. The van der Waals surface area contributed by atoms with Crippen molar-refractivity contribution in [2.45, 2.75) is 79.4 Å². The van der Waals surface area contributed by atoms with E-state index >= 15 is 0 Å². The maximum Gasteiger partial charge on any atom is 0.307 e. The number of carbonyl (C=O) groups is 1. The number of aryl methyl sites for hydroxylation is 1. The van der Waals surface area contributed by atoms with Gasteiger partial charge in [-0.25, -0.2) is 0 Å². The fraction of sp³-hybridized carbons (Fsp3) is 0.593. The van der Waals surface area contributed by atoms with Crippen LogP contribution in [0.1, 0.15) is 70.9 Å². The van der Waals surface area contributed by atoms with Crippen molar-refractivity contribution >= 4 is 16.7 Å². The standard InChI is InChI=1S/C27H39NO3/c1-6-30-26(29)13-14-28-18-20-7-8-21-17-24(15-19(2)25(21)16-20)31-23-11-9-22(10-12-23)27(3,4)5/h7-8,15-17,22-23,28H,6,9-14,18H2,1-5H3/t22-,23-. The van der Waals surface area contributed by atoms with Crippen molar-refractivity contribution in [3.63, 3.8) is 0 Å². The van der Waals surface area contributed by atoms with Crippen LogP contribution in [0.25, 0.3) is 10.8 Å². The monoisotopic (exact) mass is 425 g/mol. The van der Waals surface area contributed by atoms with Crippen LogP contribution < -0.4 is 10.1 Å². The zero-order chi connectivity index (χ0) is 22.4. The third-order valence-electron chi connectivity index (χ3n) is 6.54. The van der Waals surface area contributed by atoms with E-state index in [2.05, 4.69) is 63.3 Å². The van der Waals surface area contributed by atoms with Gasteiger partial charge in [-0.3, -0.25) is 4.79 Å². The number of fused-ring (bicyclic) bond motifs is 1. The molecule has 0 atom stereocenters. The van der Waals surface area contributed by atoms with Gasteiger partial charge in [0, 0.05) is 13.1 Å². The third kappa shape index (κ3) is 6.70. The third-order valence-corrected chi connectivity index (χ3v) is 6.54. The summed E-state index contributed by atoms with van der Waals surface area (Å²) in [5.74, 6) is 1.64. The number of carbonyl (C=O) groups excluding carboxylic acids is 1. The minimum absolute atomic E-state index is 0.149. The average molecular weight is 426 g/mol. The van der Waals surface area contributed by atoms with E-state index in [0.29, 0.717) is 31.1 Å². The highest BCUT2D eigenvalue weighted by Gasteiger charge is 2.30. The molecule has 0 spiro atoms. The van der Waals surface area contributed by atoms with E-state index in [0.717, 1.165) is 31.1 Å². The predicted octanol–water partition coefficient (Wildman–Crippen LogP) is 6.17. The molecule has 1 aliphatic carbocycles. The molecule has 1 fully saturated rings. The summed E-state index contributed by atoms with van der Waals surface area (Å²) in [6.45, 7) is 12.9. The SMILES string of the molecule is CCOC(=O)CCNCc1ccc2cc(O[C@H]3CC[C@H](C(C)(C)C)CC3)cc(C)c2c1. The van der Waals surface area contributed by atoms with Crippen molar-refractivity contribution < 1.29 is 14.3 Å². The van der Waals surface area contributed by atoms with Crippen LogP contribution in [0, 0.1) is 18.3 Å². The fourth-order valence-corrected chi connectivity index (χ4v) is 4.63. The first kappa shape index (κ1) is 23.6. The summed E-state index contributed by atoms with van der Waals surface area (Å²) in [7, 11) is 0. The number of esters is 1. The first-order chi connectivity index (χ1) is 14.8. The molecule has 0 amide bonds. The van der Waals surface area contributed by atoms with Gasteiger partial charge in [0.15, 0.2) is 0 Å². The lowest BCUT2D eigenvalue weighted by atomic mass is 9.72. The Kier molecular flexibility index (Phi) is 7.99. The largest absolute Gasteiger partial charge is 0.490 e. The number of benzene rings is 2.